The van der Waals surface area contributed by atoms with Crippen molar-refractivity contribution in [3.63, 3.8) is 0 Å². The van der Waals surface area contributed by atoms with Crippen molar-refractivity contribution in [2.45, 2.75) is 19.3 Å². The molecule has 0 saturated heterocycles. The maximum Gasteiger partial charge on any atom is 0.319 e. The number of ether oxygens (including phenoxy) is 2. The van der Waals surface area contributed by atoms with Crippen molar-refractivity contribution in [1.29, 1.82) is 0 Å². The first kappa shape index (κ1) is 13.9. The summed E-state index contributed by atoms with van der Waals surface area (Å²) in [6.45, 7) is 4.87. The van der Waals surface area contributed by atoms with Gasteiger partial charge in [0.25, 0.3) is 0 Å². The average molecular weight is 263 g/mol. The molecular formula is C15H21NO3. The zero-order valence-electron chi connectivity index (χ0n) is 11.6. The molecule has 4 heteroatoms. The Morgan fingerprint density at radius 3 is 3.00 bits per heavy atom. The van der Waals surface area contributed by atoms with E-state index in [0.717, 1.165) is 31.9 Å². The van der Waals surface area contributed by atoms with E-state index in [2.05, 4.69) is 17.9 Å². The van der Waals surface area contributed by atoms with Crippen LogP contribution in [0.3, 0.4) is 0 Å². The summed E-state index contributed by atoms with van der Waals surface area (Å²) in [6.07, 6.45) is 0.995. The van der Waals surface area contributed by atoms with E-state index >= 15 is 0 Å². The number of benzene rings is 1. The van der Waals surface area contributed by atoms with Crippen LogP contribution in [0, 0.1) is 0 Å². The first-order valence-electron chi connectivity index (χ1n) is 6.75. The quantitative estimate of drug-likeness (QED) is 0.762. The van der Waals surface area contributed by atoms with Crippen LogP contribution in [0.25, 0.3) is 0 Å². The minimum atomic E-state index is -0.179. The van der Waals surface area contributed by atoms with Gasteiger partial charge >= 0.3 is 5.97 Å². The number of carbonyl (C=O) groups is 1. The third-order valence-corrected chi connectivity index (χ3v) is 3.59. The number of hydrogen-bond donors (Lipinski definition) is 0. The fourth-order valence-electron chi connectivity index (χ4n) is 2.47. The van der Waals surface area contributed by atoms with E-state index in [-0.39, 0.29) is 5.97 Å². The molecule has 0 radical (unpaired) electrons. The van der Waals surface area contributed by atoms with Crippen LogP contribution in [0.5, 0.6) is 5.75 Å². The maximum atomic E-state index is 11.4. The zero-order chi connectivity index (χ0) is 13.7. The molecule has 0 bridgehead atoms. The SMILES string of the molecule is CCN(CC(=O)OC)CC1CCOc2ccccc21. The second kappa shape index (κ2) is 6.57. The lowest BCUT2D eigenvalue weighted by molar-refractivity contribution is -0.141. The van der Waals surface area contributed by atoms with Gasteiger partial charge in [0.05, 0.1) is 20.3 Å². The molecule has 1 atom stereocenters. The van der Waals surface area contributed by atoms with Crippen molar-refractivity contribution in [3.8, 4) is 5.75 Å². The Bertz CT molecular complexity index is 433. The molecule has 0 aromatic heterocycles. The summed E-state index contributed by atoms with van der Waals surface area (Å²) < 4.78 is 10.4. The molecule has 0 saturated carbocycles. The van der Waals surface area contributed by atoms with E-state index in [1.165, 1.54) is 12.7 Å². The van der Waals surface area contributed by atoms with E-state index < -0.39 is 0 Å². The molecule has 19 heavy (non-hydrogen) atoms. The molecule has 1 aliphatic heterocycles. The van der Waals surface area contributed by atoms with Gasteiger partial charge < -0.3 is 9.47 Å². The van der Waals surface area contributed by atoms with E-state index in [1.807, 2.05) is 18.2 Å². The number of rotatable bonds is 5. The summed E-state index contributed by atoms with van der Waals surface area (Å²) in [5.41, 5.74) is 1.25. The largest absolute Gasteiger partial charge is 0.493 e. The number of esters is 1. The maximum absolute atomic E-state index is 11.4. The summed E-state index contributed by atoms with van der Waals surface area (Å²) >= 11 is 0. The van der Waals surface area contributed by atoms with Crippen LogP contribution in [0.1, 0.15) is 24.8 Å². The Labute approximate surface area is 114 Å². The molecule has 0 N–H and O–H groups in total. The van der Waals surface area contributed by atoms with Crippen molar-refractivity contribution in [1.82, 2.24) is 4.90 Å². The first-order chi connectivity index (χ1) is 9.24. The molecule has 0 amide bonds. The fourth-order valence-corrected chi connectivity index (χ4v) is 2.47. The fraction of sp³-hybridized carbons (Fsp3) is 0.533. The van der Waals surface area contributed by atoms with Gasteiger partial charge in [0.2, 0.25) is 0 Å². The predicted molar refractivity (Wildman–Crippen MR) is 73.4 cm³/mol. The second-order valence-electron chi connectivity index (χ2n) is 4.78. The van der Waals surface area contributed by atoms with Crippen LogP contribution >= 0.6 is 0 Å². The summed E-state index contributed by atoms with van der Waals surface area (Å²) in [7, 11) is 1.43. The molecule has 0 aliphatic carbocycles. The van der Waals surface area contributed by atoms with Crippen LogP contribution in [0.15, 0.2) is 24.3 Å². The Hall–Kier alpha value is -1.55. The third-order valence-electron chi connectivity index (χ3n) is 3.59. The number of likely N-dealkylation sites (N-methyl/N-ethyl adjacent to an activating group) is 1. The van der Waals surface area contributed by atoms with Crippen molar-refractivity contribution in [2.24, 2.45) is 0 Å². The van der Waals surface area contributed by atoms with E-state index in [1.54, 1.807) is 0 Å². The van der Waals surface area contributed by atoms with Gasteiger partial charge in [-0.2, -0.15) is 0 Å². The Balaban J connectivity index is 2.04. The number of para-hydroxylation sites is 1. The van der Waals surface area contributed by atoms with Crippen LogP contribution in [-0.2, 0) is 9.53 Å². The Morgan fingerprint density at radius 2 is 2.26 bits per heavy atom. The topological polar surface area (TPSA) is 38.8 Å². The highest BCUT2D eigenvalue weighted by Gasteiger charge is 2.23. The smallest absolute Gasteiger partial charge is 0.319 e. The highest BCUT2D eigenvalue weighted by atomic mass is 16.5. The van der Waals surface area contributed by atoms with Gasteiger partial charge in [-0.1, -0.05) is 25.1 Å². The number of methoxy groups -OCH3 is 1. The van der Waals surface area contributed by atoms with Gasteiger partial charge in [0.1, 0.15) is 5.75 Å². The van der Waals surface area contributed by atoms with Crippen molar-refractivity contribution in [2.75, 3.05) is 33.4 Å². The molecule has 1 aromatic rings. The molecule has 1 aliphatic rings. The van der Waals surface area contributed by atoms with Crippen LogP contribution < -0.4 is 4.74 Å². The van der Waals surface area contributed by atoms with E-state index in [9.17, 15) is 4.79 Å². The molecule has 0 fully saturated rings. The van der Waals surface area contributed by atoms with Gasteiger partial charge in [0.15, 0.2) is 0 Å². The molecule has 104 valence electrons. The van der Waals surface area contributed by atoms with Gasteiger partial charge in [-0.05, 0) is 24.6 Å². The molecule has 0 spiro atoms. The molecule has 2 rings (SSSR count). The lowest BCUT2D eigenvalue weighted by Crippen LogP contribution is -2.35. The Morgan fingerprint density at radius 1 is 1.47 bits per heavy atom. The minimum Gasteiger partial charge on any atom is -0.493 e. The van der Waals surface area contributed by atoms with Crippen molar-refractivity contribution < 1.29 is 14.3 Å². The van der Waals surface area contributed by atoms with E-state index in [0.29, 0.717) is 12.5 Å². The average Bonchev–Trinajstić information content (AvgIpc) is 2.46. The second-order valence-corrected chi connectivity index (χ2v) is 4.78. The van der Waals surface area contributed by atoms with Gasteiger partial charge in [-0.25, -0.2) is 0 Å². The standard InChI is InChI=1S/C15H21NO3/c1-3-16(11-15(17)18-2)10-12-8-9-19-14-7-5-4-6-13(12)14/h4-7,12H,3,8-11H2,1-2H3. The van der Waals surface area contributed by atoms with Gasteiger partial charge in [-0.3, -0.25) is 9.69 Å². The van der Waals surface area contributed by atoms with Crippen molar-refractivity contribution in [3.05, 3.63) is 29.8 Å². The normalized spacial score (nSPS) is 17.7. The van der Waals surface area contributed by atoms with Gasteiger partial charge in [-0.15, -0.1) is 0 Å². The summed E-state index contributed by atoms with van der Waals surface area (Å²) in [5, 5.41) is 0. The predicted octanol–water partition coefficient (Wildman–Crippen LogP) is 2.05. The molecule has 1 aromatic carbocycles. The van der Waals surface area contributed by atoms with Gasteiger partial charge in [0, 0.05) is 12.5 Å². The Kier molecular flexibility index (Phi) is 4.80. The zero-order valence-corrected chi connectivity index (χ0v) is 11.6. The van der Waals surface area contributed by atoms with E-state index in [4.69, 9.17) is 9.47 Å². The minimum absolute atomic E-state index is 0.179. The highest BCUT2D eigenvalue weighted by Crippen LogP contribution is 2.33. The number of hydrogen-bond acceptors (Lipinski definition) is 4. The van der Waals surface area contributed by atoms with Crippen molar-refractivity contribution >= 4 is 5.97 Å². The third kappa shape index (κ3) is 3.47. The molecule has 4 nitrogen and oxygen atoms in total. The van der Waals surface area contributed by atoms with Crippen LogP contribution in [0.4, 0.5) is 0 Å². The number of nitrogens with zero attached hydrogens (tertiary/aromatic N) is 1. The monoisotopic (exact) mass is 263 g/mol. The lowest BCUT2D eigenvalue weighted by atomic mass is 9.92. The highest BCUT2D eigenvalue weighted by molar-refractivity contribution is 5.71. The summed E-state index contributed by atoms with van der Waals surface area (Å²) in [4.78, 5) is 13.5. The van der Waals surface area contributed by atoms with Crippen LogP contribution in [-0.4, -0.2) is 44.2 Å². The number of fused-ring (bicyclic) bond motifs is 1. The lowest BCUT2D eigenvalue weighted by Gasteiger charge is -2.30. The summed E-state index contributed by atoms with van der Waals surface area (Å²) in [5.74, 6) is 1.23. The number of carbonyl (C=O) groups excluding carboxylic acids is 1. The molecule has 1 unspecified atom stereocenters. The summed E-state index contributed by atoms with van der Waals surface area (Å²) in [6, 6.07) is 8.16. The van der Waals surface area contributed by atoms with Crippen LogP contribution in [0.2, 0.25) is 0 Å². The first-order valence-corrected chi connectivity index (χ1v) is 6.75. The molecule has 1 heterocycles. The molecular weight excluding hydrogens is 242 g/mol.